The summed E-state index contributed by atoms with van der Waals surface area (Å²) < 4.78 is 5.75. The fourth-order valence-corrected chi connectivity index (χ4v) is 3.75. The monoisotopic (exact) mass is 358 g/mol. The van der Waals surface area contributed by atoms with Gasteiger partial charge in [0.25, 0.3) is 5.91 Å². The minimum absolute atomic E-state index is 0.0268. The lowest BCUT2D eigenvalue weighted by molar-refractivity contribution is -0.134. The van der Waals surface area contributed by atoms with E-state index in [1.165, 1.54) is 11.3 Å². The number of carbonyl (C=O) groups is 3. The molecule has 1 unspecified atom stereocenters. The topological polar surface area (TPSA) is 66.9 Å². The van der Waals surface area contributed by atoms with E-state index in [2.05, 4.69) is 0 Å². The fraction of sp³-hybridized carbons (Fsp3) is 0.550. The molecule has 1 atom stereocenters. The third-order valence-electron chi connectivity index (χ3n) is 5.40. The summed E-state index contributed by atoms with van der Waals surface area (Å²) in [5.74, 6) is 0.230. The van der Waals surface area contributed by atoms with Crippen LogP contribution in [0.15, 0.2) is 18.2 Å². The van der Waals surface area contributed by atoms with Gasteiger partial charge in [-0.3, -0.25) is 19.3 Å². The van der Waals surface area contributed by atoms with Crippen molar-refractivity contribution in [2.45, 2.75) is 57.6 Å². The standard InChI is InChI=1S/C20H26N2O4/c1-3-17-20(25)22(16-11-14(13-23)9-10-18(16)26-17)12-19(24)21(2)15-7-5-4-6-8-15/h9-11,13,15,17H,3-8,12H2,1-2H3. The molecular weight excluding hydrogens is 332 g/mol. The van der Waals surface area contributed by atoms with Crippen molar-refractivity contribution in [3.63, 3.8) is 0 Å². The van der Waals surface area contributed by atoms with Crippen LogP contribution in [0.3, 0.4) is 0 Å². The lowest BCUT2D eigenvalue weighted by Gasteiger charge is -2.36. The summed E-state index contributed by atoms with van der Waals surface area (Å²) in [7, 11) is 1.82. The number of hydrogen-bond donors (Lipinski definition) is 0. The molecule has 1 aromatic rings. The Labute approximate surface area is 154 Å². The zero-order chi connectivity index (χ0) is 18.7. The number of likely N-dealkylation sites (N-methyl/N-ethyl adjacent to an activating group) is 1. The first-order valence-corrected chi connectivity index (χ1v) is 9.38. The van der Waals surface area contributed by atoms with Crippen LogP contribution in [-0.2, 0) is 9.59 Å². The Morgan fingerprint density at radius 1 is 1.31 bits per heavy atom. The number of benzene rings is 1. The molecule has 6 heteroatoms. The second-order valence-corrected chi connectivity index (χ2v) is 7.08. The summed E-state index contributed by atoms with van der Waals surface area (Å²) >= 11 is 0. The first kappa shape index (κ1) is 18.4. The number of carbonyl (C=O) groups excluding carboxylic acids is 3. The molecule has 1 fully saturated rings. The lowest BCUT2D eigenvalue weighted by atomic mass is 9.94. The van der Waals surface area contributed by atoms with E-state index in [1.807, 2.05) is 14.0 Å². The Hall–Kier alpha value is -2.37. The van der Waals surface area contributed by atoms with Crippen molar-refractivity contribution in [1.82, 2.24) is 4.90 Å². The van der Waals surface area contributed by atoms with Crippen LogP contribution in [0, 0.1) is 0 Å². The summed E-state index contributed by atoms with van der Waals surface area (Å²) in [6.07, 6.45) is 6.19. The van der Waals surface area contributed by atoms with Crippen LogP contribution in [0.2, 0.25) is 0 Å². The molecule has 3 rings (SSSR count). The molecule has 1 heterocycles. The van der Waals surface area contributed by atoms with Crippen molar-refractivity contribution < 1.29 is 19.1 Å². The number of amides is 2. The Morgan fingerprint density at radius 2 is 2.04 bits per heavy atom. The molecule has 2 aliphatic rings. The van der Waals surface area contributed by atoms with Crippen molar-refractivity contribution in [1.29, 1.82) is 0 Å². The highest BCUT2D eigenvalue weighted by atomic mass is 16.5. The molecule has 0 bridgehead atoms. The van der Waals surface area contributed by atoms with E-state index in [9.17, 15) is 14.4 Å². The summed E-state index contributed by atoms with van der Waals surface area (Å²) in [5.41, 5.74) is 0.947. The molecule has 1 saturated carbocycles. The number of nitrogens with zero attached hydrogens (tertiary/aromatic N) is 2. The lowest BCUT2D eigenvalue weighted by Crippen LogP contribution is -2.51. The van der Waals surface area contributed by atoms with E-state index in [1.54, 1.807) is 23.1 Å². The van der Waals surface area contributed by atoms with Crippen molar-refractivity contribution in [3.05, 3.63) is 23.8 Å². The van der Waals surface area contributed by atoms with Gasteiger partial charge in [-0.25, -0.2) is 0 Å². The summed E-state index contributed by atoms with van der Waals surface area (Å²) in [6.45, 7) is 1.85. The van der Waals surface area contributed by atoms with Gasteiger partial charge in [-0.15, -0.1) is 0 Å². The Bertz CT molecular complexity index is 697. The molecule has 1 aromatic carbocycles. The molecule has 0 saturated heterocycles. The molecule has 0 aromatic heterocycles. The normalized spacial score (nSPS) is 20.3. The minimum Gasteiger partial charge on any atom is -0.478 e. The van der Waals surface area contributed by atoms with Gasteiger partial charge in [0.2, 0.25) is 5.91 Å². The van der Waals surface area contributed by atoms with Crippen LogP contribution >= 0.6 is 0 Å². The van der Waals surface area contributed by atoms with Gasteiger partial charge in [0.15, 0.2) is 6.10 Å². The highest BCUT2D eigenvalue weighted by Gasteiger charge is 2.35. The molecule has 140 valence electrons. The van der Waals surface area contributed by atoms with E-state index in [-0.39, 0.29) is 24.4 Å². The quantitative estimate of drug-likeness (QED) is 0.759. The maximum Gasteiger partial charge on any atom is 0.268 e. The molecule has 0 spiro atoms. The molecule has 1 aliphatic heterocycles. The zero-order valence-electron chi connectivity index (χ0n) is 15.4. The van der Waals surface area contributed by atoms with Crippen LogP contribution in [0.4, 0.5) is 5.69 Å². The van der Waals surface area contributed by atoms with E-state index in [4.69, 9.17) is 4.74 Å². The van der Waals surface area contributed by atoms with Crippen molar-refractivity contribution in [2.24, 2.45) is 0 Å². The fourth-order valence-electron chi connectivity index (χ4n) is 3.75. The molecular formula is C20H26N2O4. The molecule has 0 N–H and O–H groups in total. The van der Waals surface area contributed by atoms with E-state index in [0.717, 1.165) is 32.0 Å². The number of fused-ring (bicyclic) bond motifs is 1. The summed E-state index contributed by atoms with van der Waals surface area (Å²) in [6, 6.07) is 5.20. The van der Waals surface area contributed by atoms with Crippen molar-refractivity contribution in [3.8, 4) is 5.75 Å². The highest BCUT2D eigenvalue weighted by Crippen LogP contribution is 2.35. The minimum atomic E-state index is -0.600. The number of ether oxygens (including phenoxy) is 1. The average Bonchev–Trinajstić information content (AvgIpc) is 2.69. The number of hydrogen-bond acceptors (Lipinski definition) is 4. The van der Waals surface area contributed by atoms with Gasteiger partial charge in [-0.05, 0) is 37.5 Å². The third-order valence-corrected chi connectivity index (χ3v) is 5.40. The van der Waals surface area contributed by atoms with Gasteiger partial charge < -0.3 is 9.64 Å². The van der Waals surface area contributed by atoms with Crippen LogP contribution in [0.25, 0.3) is 0 Å². The largest absolute Gasteiger partial charge is 0.478 e. The zero-order valence-corrected chi connectivity index (χ0v) is 15.4. The van der Waals surface area contributed by atoms with Crippen molar-refractivity contribution >= 4 is 23.8 Å². The second kappa shape index (κ2) is 7.89. The molecule has 2 amide bonds. The number of aldehydes is 1. The van der Waals surface area contributed by atoms with Crippen LogP contribution in [0.1, 0.15) is 55.8 Å². The smallest absolute Gasteiger partial charge is 0.268 e. The van der Waals surface area contributed by atoms with E-state index >= 15 is 0 Å². The maximum atomic E-state index is 12.8. The van der Waals surface area contributed by atoms with Crippen LogP contribution in [0.5, 0.6) is 5.75 Å². The Kier molecular flexibility index (Phi) is 5.59. The molecule has 6 nitrogen and oxygen atoms in total. The first-order chi connectivity index (χ1) is 12.5. The highest BCUT2D eigenvalue weighted by molar-refractivity contribution is 6.04. The summed E-state index contributed by atoms with van der Waals surface area (Å²) in [4.78, 5) is 40.0. The van der Waals surface area contributed by atoms with Gasteiger partial charge in [-0.1, -0.05) is 26.2 Å². The Morgan fingerprint density at radius 3 is 2.69 bits per heavy atom. The van der Waals surface area contributed by atoms with Crippen LogP contribution in [-0.4, -0.2) is 48.7 Å². The van der Waals surface area contributed by atoms with Crippen LogP contribution < -0.4 is 9.64 Å². The third kappa shape index (κ3) is 3.59. The molecule has 0 radical (unpaired) electrons. The number of anilines is 1. The molecule has 1 aliphatic carbocycles. The van der Waals surface area contributed by atoms with E-state index in [0.29, 0.717) is 23.4 Å². The maximum absolute atomic E-state index is 12.8. The van der Waals surface area contributed by atoms with Gasteiger partial charge in [-0.2, -0.15) is 0 Å². The van der Waals surface area contributed by atoms with Gasteiger partial charge in [0, 0.05) is 18.7 Å². The average molecular weight is 358 g/mol. The number of rotatable bonds is 5. The summed E-state index contributed by atoms with van der Waals surface area (Å²) in [5, 5.41) is 0. The van der Waals surface area contributed by atoms with E-state index < -0.39 is 6.10 Å². The van der Waals surface area contributed by atoms with Gasteiger partial charge >= 0.3 is 0 Å². The first-order valence-electron chi connectivity index (χ1n) is 9.38. The molecule has 26 heavy (non-hydrogen) atoms. The Balaban J connectivity index is 1.83. The predicted molar refractivity (Wildman–Crippen MR) is 98.5 cm³/mol. The second-order valence-electron chi connectivity index (χ2n) is 7.08. The van der Waals surface area contributed by atoms with Gasteiger partial charge in [0.1, 0.15) is 18.6 Å². The van der Waals surface area contributed by atoms with Gasteiger partial charge in [0.05, 0.1) is 5.69 Å². The SMILES string of the molecule is CCC1Oc2ccc(C=O)cc2N(CC(=O)N(C)C2CCCCC2)C1=O. The predicted octanol–water partition coefficient (Wildman–Crippen LogP) is 2.79. The van der Waals surface area contributed by atoms with Crippen molar-refractivity contribution in [2.75, 3.05) is 18.5 Å².